The fraction of sp³-hybridized carbons (Fsp3) is 0.469. The molecular weight excluding hydrogens is 563 g/mol. The Hall–Kier alpha value is -4.19. The minimum absolute atomic E-state index is 0.0444. The smallest absolute Gasteiger partial charge is 0.325 e. The summed E-state index contributed by atoms with van der Waals surface area (Å²) in [7, 11) is 1.36. The third-order valence-electron chi connectivity index (χ3n) is 7.67. The lowest BCUT2D eigenvalue weighted by molar-refractivity contribution is -0.146. The summed E-state index contributed by atoms with van der Waals surface area (Å²) in [4.78, 5) is 64.1. The highest BCUT2D eigenvalue weighted by Gasteiger charge is 2.35. The summed E-state index contributed by atoms with van der Waals surface area (Å²) in [5.74, 6) is -3.01. The topological polar surface area (TPSA) is 163 Å². The van der Waals surface area contributed by atoms with Gasteiger partial charge < -0.3 is 31.1 Å². The van der Waals surface area contributed by atoms with E-state index in [4.69, 9.17) is 4.74 Å². The van der Waals surface area contributed by atoms with Crippen molar-refractivity contribution < 1.29 is 33.8 Å². The SMILES string of the molecule is BC(=O)N[C@H](C(=O)N[C@H](C(=O)NC(CCC)C(O)C(=O)NCC(=O)OCc1ccccc1)c1ccccc1)C1CCCCC1. The fourth-order valence-electron chi connectivity index (χ4n) is 5.38. The number of ether oxygens (including phenoxy) is 1. The van der Waals surface area contributed by atoms with Crippen molar-refractivity contribution in [2.75, 3.05) is 6.54 Å². The Morgan fingerprint density at radius 1 is 0.864 bits per heavy atom. The molecule has 11 nitrogen and oxygen atoms in total. The number of esters is 1. The van der Waals surface area contributed by atoms with E-state index in [1.54, 1.807) is 42.5 Å². The largest absolute Gasteiger partial charge is 0.460 e. The highest BCUT2D eigenvalue weighted by atomic mass is 16.5. The van der Waals surface area contributed by atoms with Gasteiger partial charge in [-0.2, -0.15) is 0 Å². The molecule has 5 N–H and O–H groups in total. The van der Waals surface area contributed by atoms with Crippen LogP contribution in [0.2, 0.25) is 0 Å². The molecule has 2 aromatic rings. The molecule has 0 heterocycles. The Morgan fingerprint density at radius 3 is 2.11 bits per heavy atom. The normalized spacial score (nSPS) is 16.0. The van der Waals surface area contributed by atoms with Crippen LogP contribution in [0.4, 0.5) is 4.79 Å². The second-order valence-electron chi connectivity index (χ2n) is 11.1. The monoisotopic (exact) mass is 606 g/mol. The van der Waals surface area contributed by atoms with Gasteiger partial charge >= 0.3 is 5.97 Å². The molecule has 0 spiro atoms. The molecule has 4 amide bonds. The molecule has 0 saturated heterocycles. The van der Waals surface area contributed by atoms with Crippen molar-refractivity contribution in [3.05, 3.63) is 71.8 Å². The van der Waals surface area contributed by atoms with E-state index in [-0.39, 0.29) is 24.8 Å². The summed E-state index contributed by atoms with van der Waals surface area (Å²) in [5.41, 5.74) is 1.29. The van der Waals surface area contributed by atoms with E-state index in [0.717, 1.165) is 37.7 Å². The Balaban J connectivity index is 1.67. The number of carbonyl (C=O) groups excluding carboxylic acids is 5. The van der Waals surface area contributed by atoms with Crippen LogP contribution < -0.4 is 21.3 Å². The number of aliphatic hydroxyl groups is 1. The molecule has 4 atom stereocenters. The molecule has 44 heavy (non-hydrogen) atoms. The summed E-state index contributed by atoms with van der Waals surface area (Å²) < 4.78 is 5.16. The Labute approximate surface area is 259 Å². The number of hydrogen-bond acceptors (Lipinski definition) is 7. The number of amides is 4. The zero-order chi connectivity index (χ0) is 31.9. The fourth-order valence-corrected chi connectivity index (χ4v) is 5.38. The van der Waals surface area contributed by atoms with Gasteiger partial charge in [0.2, 0.25) is 19.7 Å². The van der Waals surface area contributed by atoms with Gasteiger partial charge in [0.15, 0.2) is 11.9 Å². The van der Waals surface area contributed by atoms with Crippen molar-refractivity contribution in [2.45, 2.75) is 82.7 Å². The molecule has 1 fully saturated rings. The van der Waals surface area contributed by atoms with Gasteiger partial charge in [0.25, 0.3) is 5.91 Å². The lowest BCUT2D eigenvalue weighted by Crippen LogP contribution is -2.56. The highest BCUT2D eigenvalue weighted by molar-refractivity contribution is 6.57. The zero-order valence-electron chi connectivity index (χ0n) is 25.4. The first-order valence-corrected chi connectivity index (χ1v) is 15.3. The summed E-state index contributed by atoms with van der Waals surface area (Å²) in [6.45, 7) is 1.43. The van der Waals surface area contributed by atoms with Crippen LogP contribution in [-0.2, 0) is 30.5 Å². The molecule has 0 aromatic heterocycles. The van der Waals surface area contributed by atoms with E-state index in [2.05, 4.69) is 21.3 Å². The number of nitrogens with one attached hydrogen (secondary N) is 4. The zero-order valence-corrected chi connectivity index (χ0v) is 25.4. The quantitative estimate of drug-likeness (QED) is 0.152. The predicted molar refractivity (Wildman–Crippen MR) is 167 cm³/mol. The first-order valence-electron chi connectivity index (χ1n) is 15.3. The number of carbonyl (C=O) groups is 5. The van der Waals surface area contributed by atoms with Gasteiger partial charge in [0.05, 0.1) is 6.04 Å². The molecule has 0 radical (unpaired) electrons. The Bertz CT molecular complexity index is 1240. The third kappa shape index (κ3) is 10.8. The van der Waals surface area contributed by atoms with Crippen molar-refractivity contribution >= 4 is 37.3 Å². The van der Waals surface area contributed by atoms with Crippen molar-refractivity contribution in [3.63, 3.8) is 0 Å². The molecule has 0 aliphatic heterocycles. The Kier molecular flexibility index (Phi) is 13.9. The second-order valence-corrected chi connectivity index (χ2v) is 11.1. The van der Waals surface area contributed by atoms with Crippen LogP contribution in [0.25, 0.3) is 0 Å². The van der Waals surface area contributed by atoms with Crippen LogP contribution in [-0.4, -0.2) is 67.2 Å². The van der Waals surface area contributed by atoms with E-state index in [9.17, 15) is 29.1 Å². The molecule has 1 saturated carbocycles. The van der Waals surface area contributed by atoms with Crippen LogP contribution in [0.15, 0.2) is 60.7 Å². The minimum Gasteiger partial charge on any atom is -0.460 e. The molecule has 1 aliphatic rings. The average molecular weight is 607 g/mol. The number of hydrogen-bond donors (Lipinski definition) is 5. The molecule has 236 valence electrons. The van der Waals surface area contributed by atoms with Crippen LogP contribution in [0.5, 0.6) is 0 Å². The van der Waals surface area contributed by atoms with Crippen molar-refractivity contribution in [3.8, 4) is 0 Å². The van der Waals surface area contributed by atoms with E-state index < -0.39 is 54.5 Å². The maximum Gasteiger partial charge on any atom is 0.325 e. The van der Waals surface area contributed by atoms with Crippen molar-refractivity contribution in [1.29, 1.82) is 0 Å². The number of aliphatic hydroxyl groups excluding tert-OH is 1. The summed E-state index contributed by atoms with van der Waals surface area (Å²) >= 11 is 0. The lowest BCUT2D eigenvalue weighted by Gasteiger charge is -2.32. The van der Waals surface area contributed by atoms with Crippen molar-refractivity contribution in [1.82, 2.24) is 21.3 Å². The van der Waals surface area contributed by atoms with E-state index in [1.807, 2.05) is 25.1 Å². The molecule has 3 rings (SSSR count). The van der Waals surface area contributed by atoms with Gasteiger partial charge in [0, 0.05) is 0 Å². The van der Waals surface area contributed by atoms with Crippen LogP contribution in [0.3, 0.4) is 0 Å². The first-order chi connectivity index (χ1) is 21.2. The van der Waals surface area contributed by atoms with Gasteiger partial charge in [-0.25, -0.2) is 0 Å². The Morgan fingerprint density at radius 2 is 1.50 bits per heavy atom. The number of rotatable bonds is 15. The van der Waals surface area contributed by atoms with Gasteiger partial charge in [-0.1, -0.05) is 93.3 Å². The summed E-state index contributed by atoms with van der Waals surface area (Å²) in [6.07, 6.45) is 3.69. The minimum atomic E-state index is -1.66. The van der Waals surface area contributed by atoms with E-state index >= 15 is 0 Å². The summed E-state index contributed by atoms with van der Waals surface area (Å²) in [6, 6.07) is 14.8. The third-order valence-corrected chi connectivity index (χ3v) is 7.67. The highest BCUT2D eigenvalue weighted by Crippen LogP contribution is 2.27. The van der Waals surface area contributed by atoms with Gasteiger partial charge in [-0.3, -0.25) is 24.0 Å². The maximum absolute atomic E-state index is 13.7. The molecular formula is C32H43BN4O7. The van der Waals surface area contributed by atoms with Crippen LogP contribution >= 0.6 is 0 Å². The summed E-state index contributed by atoms with van der Waals surface area (Å²) in [5, 5.41) is 21.5. The second kappa shape index (κ2) is 17.8. The lowest BCUT2D eigenvalue weighted by atomic mass is 9.83. The van der Waals surface area contributed by atoms with Gasteiger partial charge in [0.1, 0.15) is 25.2 Å². The maximum atomic E-state index is 13.7. The first kappa shape index (κ1) is 34.3. The van der Waals surface area contributed by atoms with Crippen LogP contribution in [0, 0.1) is 5.92 Å². The van der Waals surface area contributed by atoms with E-state index in [1.165, 1.54) is 7.85 Å². The average Bonchev–Trinajstić information content (AvgIpc) is 3.04. The standard InChI is InChI=1S/C32H43BN4O7/c1-2-12-24(28(39)31(42)34-19-25(38)44-20-21-13-6-3-7-14-21)35-29(40)26(22-15-8-4-9-16-22)36-30(41)27(37-32(33)43)23-17-10-5-11-18-23/h3-4,6-9,13-16,23-24,26-28,39H,2,5,10-12,17-20,33H2,1H3,(H,34,42)(H,35,40)(H,36,41)(H,37,43)/t24?,26-,27-,28?/m0/s1. The van der Waals surface area contributed by atoms with Gasteiger partial charge in [-0.15, -0.1) is 0 Å². The predicted octanol–water partition coefficient (Wildman–Crippen LogP) is 1.64. The van der Waals surface area contributed by atoms with Crippen LogP contribution in [0.1, 0.15) is 69.0 Å². The molecule has 2 unspecified atom stereocenters. The van der Waals surface area contributed by atoms with E-state index in [0.29, 0.717) is 12.0 Å². The molecule has 2 aromatic carbocycles. The molecule has 12 heteroatoms. The molecule has 1 aliphatic carbocycles. The van der Waals surface area contributed by atoms with Crippen molar-refractivity contribution in [2.24, 2.45) is 5.92 Å². The van der Waals surface area contributed by atoms with Gasteiger partial charge in [-0.05, 0) is 36.3 Å². The molecule has 0 bridgehead atoms. The number of benzene rings is 2.